The van der Waals surface area contributed by atoms with Gasteiger partial charge in [0.15, 0.2) is 0 Å². The largest absolute Gasteiger partial charge is 0.497 e. The number of nitrogens with zero attached hydrogens (tertiary/aromatic N) is 3. The first-order chi connectivity index (χ1) is 13.5. The maximum absolute atomic E-state index is 13.1. The molecule has 3 aromatic rings. The summed E-state index contributed by atoms with van der Waals surface area (Å²) < 4.78 is 38.5. The van der Waals surface area contributed by atoms with Gasteiger partial charge >= 0.3 is 0 Å². The van der Waals surface area contributed by atoms with E-state index in [1.807, 2.05) is 6.07 Å². The minimum atomic E-state index is -3.70. The van der Waals surface area contributed by atoms with Crippen LogP contribution in [0.1, 0.15) is 18.7 Å². The summed E-state index contributed by atoms with van der Waals surface area (Å²) in [5.41, 5.74) is 0.610. The fourth-order valence-corrected chi connectivity index (χ4v) is 4.70. The predicted molar refractivity (Wildman–Crippen MR) is 103 cm³/mol. The normalized spacial score (nSPS) is 14.4. The van der Waals surface area contributed by atoms with E-state index in [0.717, 1.165) is 12.8 Å². The lowest BCUT2D eigenvalue weighted by molar-refractivity contribution is 0.351. The number of halogens is 1. The minimum Gasteiger partial charge on any atom is -0.497 e. The fraction of sp³-hybridized carbons (Fsp3) is 0.263. The fourth-order valence-electron chi connectivity index (χ4n) is 2.85. The Kier molecular flexibility index (Phi) is 5.09. The predicted octanol–water partition coefficient (Wildman–Crippen LogP) is 3.75. The maximum atomic E-state index is 13.1. The second-order valence-corrected chi connectivity index (χ2v) is 8.74. The molecule has 0 saturated heterocycles. The van der Waals surface area contributed by atoms with E-state index >= 15 is 0 Å². The standard InChI is InChI=1S/C19H18ClN3O4S/c1-26-14-8-10-15(11-9-14)28(24,25)23(13-6-7-13)12-18-21-22-19(27-18)16-4-2-3-5-17(16)20/h2-5,8-11,13H,6-7,12H2,1H3. The monoisotopic (exact) mass is 419 g/mol. The molecule has 146 valence electrons. The van der Waals surface area contributed by atoms with Crippen LogP contribution in [0.15, 0.2) is 57.8 Å². The number of hydrogen-bond donors (Lipinski definition) is 0. The average molecular weight is 420 g/mol. The van der Waals surface area contributed by atoms with Crippen LogP contribution >= 0.6 is 11.6 Å². The Labute approximate surface area is 168 Å². The quantitative estimate of drug-likeness (QED) is 0.579. The number of hydrogen-bond acceptors (Lipinski definition) is 6. The summed E-state index contributed by atoms with van der Waals surface area (Å²) >= 11 is 6.17. The van der Waals surface area contributed by atoms with Gasteiger partial charge in [-0.15, -0.1) is 10.2 Å². The summed E-state index contributed by atoms with van der Waals surface area (Å²) in [6, 6.07) is 13.4. The third-order valence-corrected chi connectivity index (χ3v) is 6.72. The molecule has 0 N–H and O–H groups in total. The average Bonchev–Trinajstić information content (AvgIpc) is 3.44. The Bertz CT molecular complexity index is 1080. The molecule has 28 heavy (non-hydrogen) atoms. The number of aromatic nitrogens is 2. The summed E-state index contributed by atoms with van der Waals surface area (Å²) in [4.78, 5) is 0.200. The number of sulfonamides is 1. The molecule has 0 atom stereocenters. The third kappa shape index (κ3) is 3.76. The zero-order valence-corrected chi connectivity index (χ0v) is 16.7. The van der Waals surface area contributed by atoms with Gasteiger partial charge in [0.1, 0.15) is 5.75 Å². The van der Waals surface area contributed by atoms with Crippen LogP contribution in [-0.4, -0.2) is 36.1 Å². The van der Waals surface area contributed by atoms with E-state index < -0.39 is 10.0 Å². The molecule has 1 fully saturated rings. The van der Waals surface area contributed by atoms with E-state index in [2.05, 4.69) is 10.2 Å². The highest BCUT2D eigenvalue weighted by atomic mass is 35.5. The molecule has 9 heteroatoms. The smallest absolute Gasteiger partial charge is 0.249 e. The zero-order chi connectivity index (χ0) is 19.7. The molecular weight excluding hydrogens is 402 g/mol. The number of benzene rings is 2. The van der Waals surface area contributed by atoms with Crippen molar-refractivity contribution in [3.63, 3.8) is 0 Å². The molecular formula is C19H18ClN3O4S. The van der Waals surface area contributed by atoms with E-state index in [0.29, 0.717) is 16.3 Å². The van der Waals surface area contributed by atoms with E-state index in [1.165, 1.54) is 23.5 Å². The molecule has 1 heterocycles. The molecule has 2 aromatic carbocycles. The lowest BCUT2D eigenvalue weighted by atomic mass is 10.2. The summed E-state index contributed by atoms with van der Waals surface area (Å²) in [6.07, 6.45) is 1.61. The molecule has 0 aliphatic heterocycles. The molecule has 1 aliphatic rings. The van der Waals surface area contributed by atoms with Gasteiger partial charge in [-0.1, -0.05) is 23.7 Å². The van der Waals surface area contributed by atoms with Crippen LogP contribution < -0.4 is 4.74 Å². The van der Waals surface area contributed by atoms with Crippen molar-refractivity contribution in [2.75, 3.05) is 7.11 Å². The van der Waals surface area contributed by atoms with Gasteiger partial charge in [0.05, 0.1) is 29.1 Å². The van der Waals surface area contributed by atoms with Crippen molar-refractivity contribution in [2.45, 2.75) is 30.3 Å². The molecule has 1 saturated carbocycles. The highest BCUT2D eigenvalue weighted by molar-refractivity contribution is 7.89. The van der Waals surface area contributed by atoms with Gasteiger partial charge in [-0.2, -0.15) is 4.31 Å². The van der Waals surface area contributed by atoms with Crippen molar-refractivity contribution in [1.82, 2.24) is 14.5 Å². The summed E-state index contributed by atoms with van der Waals surface area (Å²) in [5, 5.41) is 8.52. The van der Waals surface area contributed by atoms with E-state index in [9.17, 15) is 8.42 Å². The highest BCUT2D eigenvalue weighted by Crippen LogP contribution is 2.34. The van der Waals surface area contributed by atoms with Gasteiger partial charge in [-0.3, -0.25) is 0 Å². The highest BCUT2D eigenvalue weighted by Gasteiger charge is 2.39. The Hall–Kier alpha value is -2.42. The molecule has 7 nitrogen and oxygen atoms in total. The maximum Gasteiger partial charge on any atom is 0.249 e. The van der Waals surface area contributed by atoms with E-state index in [-0.39, 0.29) is 29.3 Å². The first-order valence-corrected chi connectivity index (χ1v) is 10.5. The zero-order valence-electron chi connectivity index (χ0n) is 15.1. The Morgan fingerprint density at radius 2 is 1.86 bits per heavy atom. The van der Waals surface area contributed by atoms with Crippen LogP contribution in [0, 0.1) is 0 Å². The molecule has 1 aromatic heterocycles. The van der Waals surface area contributed by atoms with Crippen molar-refractivity contribution in [3.05, 3.63) is 59.4 Å². The summed E-state index contributed by atoms with van der Waals surface area (Å²) in [6.45, 7) is 0.0104. The molecule has 0 amide bonds. The Morgan fingerprint density at radius 1 is 1.14 bits per heavy atom. The van der Waals surface area contributed by atoms with Crippen LogP contribution in [0.25, 0.3) is 11.5 Å². The van der Waals surface area contributed by atoms with Gasteiger partial charge in [0.2, 0.25) is 21.8 Å². The molecule has 0 unspecified atom stereocenters. The first-order valence-electron chi connectivity index (χ1n) is 8.72. The van der Waals surface area contributed by atoms with Gasteiger partial charge in [-0.25, -0.2) is 8.42 Å². The second kappa shape index (κ2) is 7.54. The molecule has 0 bridgehead atoms. The number of methoxy groups -OCH3 is 1. The topological polar surface area (TPSA) is 85.5 Å². The molecule has 0 spiro atoms. The van der Waals surface area contributed by atoms with Gasteiger partial charge in [0, 0.05) is 6.04 Å². The van der Waals surface area contributed by atoms with Crippen LogP contribution in [0.4, 0.5) is 0 Å². The van der Waals surface area contributed by atoms with Crippen molar-refractivity contribution >= 4 is 21.6 Å². The third-order valence-electron chi connectivity index (χ3n) is 4.48. The first kappa shape index (κ1) is 18.9. The van der Waals surface area contributed by atoms with Crippen molar-refractivity contribution in [1.29, 1.82) is 0 Å². The van der Waals surface area contributed by atoms with E-state index in [4.69, 9.17) is 20.8 Å². The van der Waals surface area contributed by atoms with Gasteiger partial charge in [0.25, 0.3) is 0 Å². The Balaban J connectivity index is 1.60. The summed E-state index contributed by atoms with van der Waals surface area (Å²) in [7, 11) is -2.17. The summed E-state index contributed by atoms with van der Waals surface area (Å²) in [5.74, 6) is 1.08. The van der Waals surface area contributed by atoms with Gasteiger partial charge < -0.3 is 9.15 Å². The number of rotatable bonds is 7. The van der Waals surface area contributed by atoms with Crippen LogP contribution in [0.5, 0.6) is 5.75 Å². The van der Waals surface area contributed by atoms with E-state index in [1.54, 1.807) is 30.3 Å². The lowest BCUT2D eigenvalue weighted by Crippen LogP contribution is -2.32. The molecule has 0 radical (unpaired) electrons. The Morgan fingerprint density at radius 3 is 2.50 bits per heavy atom. The molecule has 4 rings (SSSR count). The van der Waals surface area contributed by atoms with Crippen LogP contribution in [0.2, 0.25) is 5.02 Å². The number of ether oxygens (including phenoxy) is 1. The van der Waals surface area contributed by atoms with Crippen LogP contribution in [-0.2, 0) is 16.6 Å². The SMILES string of the molecule is COc1ccc(S(=O)(=O)N(Cc2nnc(-c3ccccc3Cl)o2)C2CC2)cc1. The second-order valence-electron chi connectivity index (χ2n) is 6.44. The van der Waals surface area contributed by atoms with Crippen LogP contribution in [0.3, 0.4) is 0 Å². The lowest BCUT2D eigenvalue weighted by Gasteiger charge is -2.20. The minimum absolute atomic E-state index is 0.0104. The van der Waals surface area contributed by atoms with Gasteiger partial charge in [-0.05, 0) is 49.2 Å². The van der Waals surface area contributed by atoms with Crippen molar-refractivity contribution in [3.8, 4) is 17.2 Å². The van der Waals surface area contributed by atoms with Crippen molar-refractivity contribution < 1.29 is 17.6 Å². The molecule has 1 aliphatic carbocycles. The van der Waals surface area contributed by atoms with Crippen molar-refractivity contribution in [2.24, 2.45) is 0 Å².